The van der Waals surface area contributed by atoms with Gasteiger partial charge in [-0.1, -0.05) is 40.5 Å². The Balaban J connectivity index is 4.73. The van der Waals surface area contributed by atoms with E-state index in [1.54, 1.807) is 7.05 Å². The van der Waals surface area contributed by atoms with Crippen molar-refractivity contribution < 1.29 is 14.4 Å². The van der Waals surface area contributed by atoms with Gasteiger partial charge in [0.1, 0.15) is 0 Å². The normalized spacial score (nSPS) is 15.5. The van der Waals surface area contributed by atoms with E-state index in [1.807, 2.05) is 27.7 Å². The van der Waals surface area contributed by atoms with Gasteiger partial charge in [0, 0.05) is 5.92 Å². The highest BCUT2D eigenvalue weighted by Crippen LogP contribution is 2.13. The molecule has 0 aliphatic carbocycles. The van der Waals surface area contributed by atoms with Crippen LogP contribution in [0.2, 0.25) is 0 Å². The molecule has 158 valence electrons. The molecular weight excluding hydrogens is 344 g/mol. The lowest BCUT2D eigenvalue weighted by molar-refractivity contribution is -0.131. The second-order valence-electron chi connectivity index (χ2n) is 7.37. The lowest BCUT2D eigenvalue weighted by Crippen LogP contribution is -2.51. The van der Waals surface area contributed by atoms with E-state index < -0.39 is 6.04 Å². The Labute approximate surface area is 164 Å². The van der Waals surface area contributed by atoms with Crippen molar-refractivity contribution in [3.63, 3.8) is 0 Å². The van der Waals surface area contributed by atoms with Gasteiger partial charge in [-0.15, -0.1) is 0 Å². The predicted molar refractivity (Wildman–Crippen MR) is 109 cm³/mol. The maximum atomic E-state index is 12.6. The summed E-state index contributed by atoms with van der Waals surface area (Å²) in [5, 5.41) is 8.46. The van der Waals surface area contributed by atoms with Crippen LogP contribution in [-0.2, 0) is 14.4 Å². The van der Waals surface area contributed by atoms with Crippen molar-refractivity contribution in [1.82, 2.24) is 16.0 Å². The highest BCUT2D eigenvalue weighted by molar-refractivity contribution is 5.92. The molecule has 2 amide bonds. The lowest BCUT2D eigenvalue weighted by Gasteiger charge is -2.23. The summed E-state index contributed by atoms with van der Waals surface area (Å²) in [5.41, 5.74) is 5.53. The summed E-state index contributed by atoms with van der Waals surface area (Å²) in [7, 11) is 1.73. The first-order valence-electron chi connectivity index (χ1n) is 10.3. The zero-order valence-corrected chi connectivity index (χ0v) is 17.8. The first-order valence-corrected chi connectivity index (χ1v) is 10.3. The molecule has 0 spiro atoms. The molecule has 0 aromatic rings. The molecule has 0 aliphatic rings. The summed E-state index contributed by atoms with van der Waals surface area (Å²) < 4.78 is 0. The summed E-state index contributed by atoms with van der Waals surface area (Å²) >= 11 is 0. The Hall–Kier alpha value is -1.47. The van der Waals surface area contributed by atoms with Crippen molar-refractivity contribution in [2.45, 2.75) is 78.3 Å². The number of hydrogen-bond acceptors (Lipinski definition) is 5. The van der Waals surface area contributed by atoms with E-state index in [4.69, 9.17) is 5.73 Å². The number of carbonyl (C=O) groups excluding carboxylic acids is 3. The minimum Gasteiger partial charge on any atom is -0.346 e. The third-order valence-corrected chi connectivity index (χ3v) is 5.06. The number of rotatable bonds is 15. The van der Waals surface area contributed by atoms with E-state index >= 15 is 0 Å². The van der Waals surface area contributed by atoms with E-state index in [0.717, 1.165) is 32.1 Å². The number of nitrogens with two attached hydrogens (primary N) is 1. The molecule has 0 rings (SSSR count). The molecule has 5 N–H and O–H groups in total. The molecule has 0 aliphatic heterocycles. The standard InChI is InChI=1S/C20H40N4O3/c1-6-10-15(4)19(26)16(11-8-9-12-21)24-17(25)13-23-20(27)18(22-5)14(3)7-2/h14-16,18,22H,6-13,21H2,1-5H3,(H,23,27)(H,24,25)/t14-,15?,16-,18?/m0/s1. The van der Waals surface area contributed by atoms with Gasteiger partial charge in [0.25, 0.3) is 0 Å². The Morgan fingerprint density at radius 1 is 1.04 bits per heavy atom. The largest absolute Gasteiger partial charge is 0.346 e. The van der Waals surface area contributed by atoms with Crippen LogP contribution in [0.5, 0.6) is 0 Å². The van der Waals surface area contributed by atoms with E-state index in [9.17, 15) is 14.4 Å². The Bertz CT molecular complexity index is 457. The molecule has 27 heavy (non-hydrogen) atoms. The van der Waals surface area contributed by atoms with Crippen LogP contribution in [-0.4, -0.2) is 49.8 Å². The molecule has 7 nitrogen and oxygen atoms in total. The van der Waals surface area contributed by atoms with Gasteiger partial charge in [-0.2, -0.15) is 0 Å². The number of unbranched alkanes of at least 4 members (excludes halogenated alkanes) is 1. The SMILES string of the molecule is CCCC(C)C(=O)[C@H](CCCCN)NC(=O)CNC(=O)C(NC)[C@@H](C)CC. The van der Waals surface area contributed by atoms with E-state index in [1.165, 1.54) is 0 Å². The van der Waals surface area contributed by atoms with Crippen molar-refractivity contribution in [2.75, 3.05) is 20.1 Å². The minimum atomic E-state index is -0.517. The second-order valence-corrected chi connectivity index (χ2v) is 7.37. The fourth-order valence-electron chi connectivity index (χ4n) is 3.13. The fraction of sp³-hybridized carbons (Fsp3) is 0.850. The van der Waals surface area contributed by atoms with Crippen LogP contribution < -0.4 is 21.7 Å². The number of Topliss-reactive ketones (excluding diaryl/α,β-unsaturated/α-hetero) is 1. The first kappa shape index (κ1) is 25.5. The Morgan fingerprint density at radius 2 is 1.70 bits per heavy atom. The van der Waals surface area contributed by atoms with Crippen LogP contribution in [0.4, 0.5) is 0 Å². The van der Waals surface area contributed by atoms with Crippen LogP contribution in [0.25, 0.3) is 0 Å². The number of ketones is 1. The highest BCUT2D eigenvalue weighted by Gasteiger charge is 2.26. The van der Waals surface area contributed by atoms with Crippen molar-refractivity contribution in [1.29, 1.82) is 0 Å². The van der Waals surface area contributed by atoms with Gasteiger partial charge in [0.2, 0.25) is 11.8 Å². The van der Waals surface area contributed by atoms with Crippen LogP contribution in [0, 0.1) is 11.8 Å². The molecule has 4 atom stereocenters. The first-order chi connectivity index (χ1) is 12.8. The van der Waals surface area contributed by atoms with Crippen LogP contribution >= 0.6 is 0 Å². The molecule has 0 saturated heterocycles. The number of carbonyl (C=O) groups is 3. The topological polar surface area (TPSA) is 113 Å². The van der Waals surface area contributed by atoms with Gasteiger partial charge < -0.3 is 21.7 Å². The molecule has 0 heterocycles. The summed E-state index contributed by atoms with van der Waals surface area (Å²) in [6.07, 6.45) is 4.77. The van der Waals surface area contributed by atoms with Crippen molar-refractivity contribution >= 4 is 17.6 Å². The summed E-state index contributed by atoms with van der Waals surface area (Å²) in [6.45, 7) is 8.38. The van der Waals surface area contributed by atoms with Crippen molar-refractivity contribution in [3.05, 3.63) is 0 Å². The van der Waals surface area contributed by atoms with E-state index in [-0.39, 0.29) is 42.0 Å². The molecule has 0 radical (unpaired) electrons. The van der Waals surface area contributed by atoms with Gasteiger partial charge in [-0.05, 0) is 45.2 Å². The number of nitrogens with one attached hydrogen (secondary N) is 3. The monoisotopic (exact) mass is 384 g/mol. The second kappa shape index (κ2) is 14.6. The summed E-state index contributed by atoms with van der Waals surface area (Å²) in [6, 6.07) is -0.855. The van der Waals surface area contributed by atoms with Gasteiger partial charge in [-0.25, -0.2) is 0 Å². The van der Waals surface area contributed by atoms with Gasteiger partial charge in [-0.3, -0.25) is 14.4 Å². The Kier molecular flexibility index (Phi) is 13.8. The fourth-order valence-corrected chi connectivity index (χ4v) is 3.13. The predicted octanol–water partition coefficient (Wildman–Crippen LogP) is 1.36. The maximum Gasteiger partial charge on any atom is 0.239 e. The van der Waals surface area contributed by atoms with Gasteiger partial charge in [0.15, 0.2) is 5.78 Å². The molecule has 2 unspecified atom stereocenters. The minimum absolute atomic E-state index is 0.0567. The van der Waals surface area contributed by atoms with Gasteiger partial charge >= 0.3 is 0 Å². The van der Waals surface area contributed by atoms with E-state index in [0.29, 0.717) is 13.0 Å². The van der Waals surface area contributed by atoms with Crippen LogP contribution in [0.3, 0.4) is 0 Å². The van der Waals surface area contributed by atoms with E-state index in [2.05, 4.69) is 16.0 Å². The maximum absolute atomic E-state index is 12.6. The third kappa shape index (κ3) is 9.86. The molecular formula is C20H40N4O3. The number of likely N-dealkylation sites (N-methyl/N-ethyl adjacent to an activating group) is 1. The van der Waals surface area contributed by atoms with Crippen LogP contribution in [0.1, 0.15) is 66.2 Å². The zero-order chi connectivity index (χ0) is 20.8. The third-order valence-electron chi connectivity index (χ3n) is 5.06. The molecule has 7 heteroatoms. The van der Waals surface area contributed by atoms with Gasteiger partial charge in [0.05, 0.1) is 18.6 Å². The zero-order valence-electron chi connectivity index (χ0n) is 17.8. The average Bonchev–Trinajstić information content (AvgIpc) is 2.65. The molecule has 0 aromatic heterocycles. The lowest BCUT2D eigenvalue weighted by atomic mass is 9.92. The molecule has 0 fully saturated rings. The Morgan fingerprint density at radius 3 is 2.22 bits per heavy atom. The number of amides is 2. The van der Waals surface area contributed by atoms with Crippen molar-refractivity contribution in [3.8, 4) is 0 Å². The van der Waals surface area contributed by atoms with Crippen molar-refractivity contribution in [2.24, 2.45) is 17.6 Å². The average molecular weight is 385 g/mol. The molecule has 0 aromatic carbocycles. The van der Waals surface area contributed by atoms with Crippen LogP contribution in [0.15, 0.2) is 0 Å². The summed E-state index contributed by atoms with van der Waals surface area (Å²) in [4.78, 5) is 37.2. The summed E-state index contributed by atoms with van der Waals surface area (Å²) in [5.74, 6) is -0.406. The number of hydrogen-bond donors (Lipinski definition) is 4. The molecule has 0 bridgehead atoms. The molecule has 0 saturated carbocycles. The quantitative estimate of drug-likeness (QED) is 0.318. The smallest absolute Gasteiger partial charge is 0.239 e. The highest BCUT2D eigenvalue weighted by atomic mass is 16.2.